The topological polar surface area (TPSA) is 107 Å². The number of carbonyl (C=O) groups is 4. The Kier molecular flexibility index (Phi) is 7.99. The van der Waals surface area contributed by atoms with Gasteiger partial charge in [0.05, 0.1) is 26.0 Å². The number of thiophene rings is 1. The van der Waals surface area contributed by atoms with Gasteiger partial charge in [0.2, 0.25) is 0 Å². The monoisotopic (exact) mass is 505 g/mol. The molecule has 1 aromatic carbocycles. The predicted octanol–water partition coefficient (Wildman–Crippen LogP) is 5.59. The zero-order chi connectivity index (χ0) is 25.0. The first-order valence-electron chi connectivity index (χ1n) is 11.1. The highest BCUT2D eigenvalue weighted by Crippen LogP contribution is 2.31. The van der Waals surface area contributed by atoms with Crippen LogP contribution in [-0.2, 0) is 0 Å². The van der Waals surface area contributed by atoms with Gasteiger partial charge >= 0.3 is 6.09 Å². The summed E-state index contributed by atoms with van der Waals surface area (Å²) in [6.45, 7) is 6.27. The molecule has 2 heterocycles. The van der Waals surface area contributed by atoms with Crippen molar-refractivity contribution in [3.63, 3.8) is 0 Å². The quantitative estimate of drug-likeness (QED) is 0.341. The highest BCUT2D eigenvalue weighted by atomic mass is 35.5. The van der Waals surface area contributed by atoms with Crippen molar-refractivity contribution in [3.8, 4) is 0 Å². The Labute approximate surface area is 207 Å². The molecule has 0 atom stereocenters. The van der Waals surface area contributed by atoms with E-state index in [0.29, 0.717) is 34.3 Å². The molecule has 182 valence electrons. The molecule has 34 heavy (non-hydrogen) atoms. The molecule has 8 nitrogen and oxygen atoms in total. The molecule has 10 heteroatoms. The number of halogens is 1. The molecule has 0 radical (unpaired) electrons. The molecule has 0 saturated carbocycles. The summed E-state index contributed by atoms with van der Waals surface area (Å²) >= 11 is 7.02. The average Bonchev–Trinajstić information content (AvgIpc) is 3.29. The number of rotatable bonds is 9. The molecule has 0 aliphatic carbocycles. The lowest BCUT2D eigenvalue weighted by Gasteiger charge is -2.33. The molecule has 1 aromatic heterocycles. The van der Waals surface area contributed by atoms with Gasteiger partial charge in [-0.05, 0) is 57.9 Å². The summed E-state index contributed by atoms with van der Waals surface area (Å²) in [6, 6.07) is 8.04. The van der Waals surface area contributed by atoms with Gasteiger partial charge in [-0.3, -0.25) is 19.3 Å². The smallest absolute Gasteiger partial charge is 0.407 e. The first kappa shape index (κ1) is 25.7. The molecule has 2 aromatic rings. The molecule has 1 aliphatic rings. The van der Waals surface area contributed by atoms with Crippen LogP contribution < -0.4 is 5.32 Å². The highest BCUT2D eigenvalue weighted by Gasteiger charge is 2.37. The zero-order valence-corrected chi connectivity index (χ0v) is 21.0. The van der Waals surface area contributed by atoms with E-state index < -0.39 is 23.4 Å². The van der Waals surface area contributed by atoms with Crippen LogP contribution in [0.4, 0.5) is 10.5 Å². The van der Waals surface area contributed by atoms with Crippen molar-refractivity contribution in [1.82, 2.24) is 9.80 Å². The fourth-order valence-electron chi connectivity index (χ4n) is 3.87. The molecule has 2 N–H and O–H groups in total. The lowest BCUT2D eigenvalue weighted by molar-refractivity contribution is 0.0650. The molecule has 4 amide bonds. The van der Waals surface area contributed by atoms with Gasteiger partial charge in [0, 0.05) is 18.6 Å². The molecule has 0 bridgehead atoms. The van der Waals surface area contributed by atoms with Crippen LogP contribution >= 0.6 is 22.9 Å². The van der Waals surface area contributed by atoms with Gasteiger partial charge in [-0.1, -0.05) is 30.5 Å². The zero-order valence-electron chi connectivity index (χ0n) is 19.4. The lowest BCUT2D eigenvalue weighted by Crippen LogP contribution is -2.45. The molecule has 1 aliphatic heterocycles. The number of carbonyl (C=O) groups excluding carboxylic acids is 3. The summed E-state index contributed by atoms with van der Waals surface area (Å²) < 4.78 is 0.481. The van der Waals surface area contributed by atoms with Crippen LogP contribution in [0.15, 0.2) is 30.3 Å². The third-order valence-electron chi connectivity index (χ3n) is 5.60. The first-order valence-corrected chi connectivity index (χ1v) is 12.3. The molecule has 0 spiro atoms. The standard InChI is InChI=1S/C24H28ClN3O5S/c1-24(2,3)28(23(32)33)14-7-5-4-6-13-27-21(30)15-9-8-10-16(19(15)22(27)31)26-20(29)17-11-12-18(25)34-17/h8-12H,4-7,13-14H2,1-3H3,(H,26,29)(H,32,33). The molecule has 0 saturated heterocycles. The van der Waals surface area contributed by atoms with Crippen molar-refractivity contribution in [1.29, 1.82) is 0 Å². The van der Waals surface area contributed by atoms with Crippen molar-refractivity contribution in [2.24, 2.45) is 0 Å². The number of hydrogen-bond donors (Lipinski definition) is 2. The highest BCUT2D eigenvalue weighted by molar-refractivity contribution is 7.18. The van der Waals surface area contributed by atoms with Crippen molar-refractivity contribution in [2.75, 3.05) is 18.4 Å². The van der Waals surface area contributed by atoms with Gasteiger partial charge in [-0.25, -0.2) is 4.79 Å². The summed E-state index contributed by atoms with van der Waals surface area (Å²) in [5, 5.41) is 12.1. The largest absolute Gasteiger partial charge is 0.465 e. The summed E-state index contributed by atoms with van der Waals surface area (Å²) in [5.41, 5.74) is 0.304. The number of anilines is 1. The Morgan fingerprint density at radius 2 is 1.76 bits per heavy atom. The minimum absolute atomic E-state index is 0.200. The Morgan fingerprint density at radius 1 is 1.06 bits per heavy atom. The van der Waals surface area contributed by atoms with Crippen LogP contribution in [-0.4, -0.2) is 57.3 Å². The summed E-state index contributed by atoms with van der Waals surface area (Å²) in [5.74, 6) is -1.19. The maximum Gasteiger partial charge on any atom is 0.407 e. The fourth-order valence-corrected chi connectivity index (χ4v) is 4.81. The molecule has 3 rings (SSSR count). The number of imide groups is 1. The van der Waals surface area contributed by atoms with E-state index in [9.17, 15) is 24.3 Å². The van der Waals surface area contributed by atoms with Gasteiger partial charge < -0.3 is 15.3 Å². The number of nitrogens with zero attached hydrogens (tertiary/aromatic N) is 2. The van der Waals surface area contributed by atoms with E-state index in [4.69, 9.17) is 11.6 Å². The third kappa shape index (κ3) is 5.77. The second-order valence-corrected chi connectivity index (χ2v) is 10.8. The van der Waals surface area contributed by atoms with Crippen LogP contribution in [0.25, 0.3) is 0 Å². The molecule has 0 unspecified atom stereocenters. The van der Waals surface area contributed by atoms with Crippen molar-refractivity contribution in [3.05, 3.63) is 50.7 Å². The second kappa shape index (κ2) is 10.6. The van der Waals surface area contributed by atoms with E-state index in [1.807, 2.05) is 20.8 Å². The summed E-state index contributed by atoms with van der Waals surface area (Å²) in [4.78, 5) is 52.8. The van der Waals surface area contributed by atoms with Crippen molar-refractivity contribution in [2.45, 2.75) is 52.0 Å². The fraction of sp³-hybridized carbons (Fsp3) is 0.417. The Bertz CT molecular complexity index is 1110. The van der Waals surface area contributed by atoms with Gasteiger partial charge in [0.15, 0.2) is 0 Å². The van der Waals surface area contributed by atoms with Crippen LogP contribution in [0.5, 0.6) is 0 Å². The van der Waals surface area contributed by atoms with Crippen LogP contribution in [0.3, 0.4) is 0 Å². The van der Waals surface area contributed by atoms with E-state index in [2.05, 4.69) is 5.32 Å². The van der Waals surface area contributed by atoms with Gasteiger partial charge in [-0.15, -0.1) is 11.3 Å². The second-order valence-electron chi connectivity index (χ2n) is 9.07. The van der Waals surface area contributed by atoms with Crippen molar-refractivity contribution >= 4 is 52.4 Å². The predicted molar refractivity (Wildman–Crippen MR) is 132 cm³/mol. The van der Waals surface area contributed by atoms with Crippen LogP contribution in [0, 0.1) is 0 Å². The minimum Gasteiger partial charge on any atom is -0.465 e. The number of fused-ring (bicyclic) bond motifs is 1. The number of benzene rings is 1. The lowest BCUT2D eigenvalue weighted by atomic mass is 10.1. The third-order valence-corrected chi connectivity index (χ3v) is 6.83. The average molecular weight is 506 g/mol. The van der Waals surface area contributed by atoms with Gasteiger partial charge in [-0.2, -0.15) is 0 Å². The Hall–Kier alpha value is -2.91. The van der Waals surface area contributed by atoms with E-state index in [0.717, 1.165) is 24.2 Å². The summed E-state index contributed by atoms with van der Waals surface area (Å²) in [7, 11) is 0. The molecular formula is C24H28ClN3O5S. The van der Waals surface area contributed by atoms with Gasteiger partial charge in [0.1, 0.15) is 0 Å². The van der Waals surface area contributed by atoms with Crippen LogP contribution in [0.1, 0.15) is 76.8 Å². The SMILES string of the molecule is CC(C)(C)N(CCCCCCN1C(=O)c2cccc(NC(=O)c3ccc(Cl)s3)c2C1=O)C(=O)O. The molecular weight excluding hydrogens is 478 g/mol. The normalized spacial score (nSPS) is 13.2. The Morgan fingerprint density at radius 3 is 2.38 bits per heavy atom. The van der Waals surface area contributed by atoms with E-state index >= 15 is 0 Å². The maximum absolute atomic E-state index is 13.0. The van der Waals surface area contributed by atoms with Crippen LogP contribution in [0.2, 0.25) is 4.34 Å². The Balaban J connectivity index is 1.55. The van der Waals surface area contributed by atoms with E-state index in [-0.39, 0.29) is 23.6 Å². The number of amides is 4. The number of carboxylic acid groups (broad SMARTS) is 1. The van der Waals surface area contributed by atoms with E-state index in [1.54, 1.807) is 30.3 Å². The van der Waals surface area contributed by atoms with Gasteiger partial charge in [0.25, 0.3) is 17.7 Å². The number of hydrogen-bond acceptors (Lipinski definition) is 5. The molecule has 0 fully saturated rings. The van der Waals surface area contributed by atoms with Crippen molar-refractivity contribution < 1.29 is 24.3 Å². The number of unbranched alkanes of at least 4 members (excludes halogenated alkanes) is 3. The minimum atomic E-state index is -0.941. The number of nitrogens with one attached hydrogen (secondary N) is 1. The maximum atomic E-state index is 13.0. The first-order chi connectivity index (χ1) is 16.0. The van der Waals surface area contributed by atoms with E-state index in [1.165, 1.54) is 9.80 Å². The summed E-state index contributed by atoms with van der Waals surface area (Å²) in [6.07, 6.45) is 1.92.